The van der Waals surface area contributed by atoms with Crippen LogP contribution in [-0.4, -0.2) is 45.8 Å². The van der Waals surface area contributed by atoms with E-state index < -0.39 is 0 Å². The van der Waals surface area contributed by atoms with Gasteiger partial charge in [0.1, 0.15) is 11.6 Å². The van der Waals surface area contributed by atoms with Crippen LogP contribution < -0.4 is 16.2 Å². The average Bonchev–Trinajstić information content (AvgIpc) is 3.17. The minimum Gasteiger partial charge on any atom is -0.497 e. The molecule has 0 saturated carbocycles. The highest BCUT2D eigenvalue weighted by Crippen LogP contribution is 2.25. The fourth-order valence-electron chi connectivity index (χ4n) is 4.07. The number of piperidine rings is 1. The number of primary amides is 1. The molecule has 3 N–H and O–H groups in total. The van der Waals surface area contributed by atoms with Gasteiger partial charge in [0.15, 0.2) is 0 Å². The van der Waals surface area contributed by atoms with Gasteiger partial charge in [-0.3, -0.25) is 14.7 Å². The highest BCUT2D eigenvalue weighted by molar-refractivity contribution is 5.76. The van der Waals surface area contributed by atoms with E-state index in [0.29, 0.717) is 5.69 Å². The van der Waals surface area contributed by atoms with E-state index in [1.165, 1.54) is 10.2 Å². The Hall–Kier alpha value is -3.39. The summed E-state index contributed by atoms with van der Waals surface area (Å²) in [4.78, 5) is 28.9. The monoisotopic (exact) mass is 421 g/mol. The van der Waals surface area contributed by atoms with Gasteiger partial charge in [0, 0.05) is 19.0 Å². The van der Waals surface area contributed by atoms with Crippen molar-refractivity contribution in [3.05, 3.63) is 76.0 Å². The number of amides is 1. The Labute approximate surface area is 180 Å². The normalized spacial score (nSPS) is 16.9. The maximum atomic E-state index is 12.5. The van der Waals surface area contributed by atoms with Crippen molar-refractivity contribution in [1.82, 2.24) is 19.7 Å². The predicted octanol–water partition coefficient (Wildman–Crippen LogP) is 1.98. The first-order valence-electron chi connectivity index (χ1n) is 10.4. The zero-order valence-electron chi connectivity index (χ0n) is 17.6. The van der Waals surface area contributed by atoms with E-state index in [2.05, 4.69) is 15.0 Å². The van der Waals surface area contributed by atoms with Crippen molar-refractivity contribution >= 4 is 5.91 Å². The van der Waals surface area contributed by atoms with Crippen molar-refractivity contribution in [2.45, 2.75) is 31.7 Å². The lowest BCUT2D eigenvalue weighted by Gasteiger charge is -2.31. The quantitative estimate of drug-likeness (QED) is 0.607. The molecular formula is C23H27N5O3. The van der Waals surface area contributed by atoms with Crippen molar-refractivity contribution in [2.24, 2.45) is 5.73 Å². The van der Waals surface area contributed by atoms with E-state index in [-0.39, 0.29) is 23.9 Å². The number of methoxy groups -OCH3 is 1. The number of aromatic nitrogens is 3. The molecule has 162 valence electrons. The van der Waals surface area contributed by atoms with Gasteiger partial charge in [-0.25, -0.2) is 4.79 Å². The van der Waals surface area contributed by atoms with Crippen LogP contribution in [0, 0.1) is 0 Å². The molecule has 1 saturated heterocycles. The van der Waals surface area contributed by atoms with Gasteiger partial charge in [-0.2, -0.15) is 4.68 Å². The van der Waals surface area contributed by atoms with Crippen LogP contribution in [0.2, 0.25) is 0 Å². The zero-order valence-corrected chi connectivity index (χ0v) is 17.6. The molecule has 2 aromatic carbocycles. The molecule has 8 heteroatoms. The Morgan fingerprint density at radius 3 is 2.55 bits per heavy atom. The number of ether oxygens (including phenoxy) is 1. The SMILES string of the molecule is COc1ccc(-n2nc(C3CCCN(Cc4ccc(CC(N)=O)cc4)C3)[nH]c2=O)cc1. The molecule has 31 heavy (non-hydrogen) atoms. The molecule has 1 aromatic heterocycles. The van der Waals surface area contributed by atoms with Crippen molar-refractivity contribution in [2.75, 3.05) is 20.2 Å². The second-order valence-corrected chi connectivity index (χ2v) is 7.96. The van der Waals surface area contributed by atoms with Crippen LogP contribution in [-0.2, 0) is 17.8 Å². The van der Waals surface area contributed by atoms with E-state index in [1.807, 2.05) is 48.5 Å². The van der Waals surface area contributed by atoms with Gasteiger partial charge in [-0.15, -0.1) is 5.10 Å². The summed E-state index contributed by atoms with van der Waals surface area (Å²) < 4.78 is 6.59. The fourth-order valence-corrected chi connectivity index (χ4v) is 4.07. The van der Waals surface area contributed by atoms with Crippen LogP contribution in [0.25, 0.3) is 5.69 Å². The number of nitrogens with zero attached hydrogens (tertiary/aromatic N) is 3. The van der Waals surface area contributed by atoms with E-state index >= 15 is 0 Å². The van der Waals surface area contributed by atoms with E-state index in [1.54, 1.807) is 7.11 Å². The standard InChI is InChI=1S/C23H27N5O3/c1-31-20-10-8-19(9-11-20)28-23(30)25-22(26-28)18-3-2-12-27(15-18)14-17-6-4-16(5-7-17)13-21(24)29/h4-11,18H,2-3,12-15H2,1H3,(H2,24,29)(H,25,26,30). The molecule has 1 aliphatic heterocycles. The van der Waals surface area contributed by atoms with Crippen molar-refractivity contribution < 1.29 is 9.53 Å². The van der Waals surface area contributed by atoms with Crippen LogP contribution in [0.3, 0.4) is 0 Å². The molecular weight excluding hydrogens is 394 g/mol. The van der Waals surface area contributed by atoms with Crippen LogP contribution in [0.15, 0.2) is 53.3 Å². The summed E-state index contributed by atoms with van der Waals surface area (Å²) in [7, 11) is 1.61. The summed E-state index contributed by atoms with van der Waals surface area (Å²) in [6, 6.07) is 15.3. The number of carbonyl (C=O) groups is 1. The van der Waals surface area contributed by atoms with Crippen molar-refractivity contribution in [3.8, 4) is 11.4 Å². The number of nitrogens with two attached hydrogens (primary N) is 1. The largest absolute Gasteiger partial charge is 0.497 e. The van der Waals surface area contributed by atoms with Gasteiger partial charge in [-0.05, 0) is 54.8 Å². The second kappa shape index (κ2) is 9.18. The number of hydrogen-bond donors (Lipinski definition) is 2. The number of carbonyl (C=O) groups excluding carboxylic acids is 1. The van der Waals surface area contributed by atoms with E-state index in [4.69, 9.17) is 10.5 Å². The molecule has 8 nitrogen and oxygen atoms in total. The molecule has 1 fully saturated rings. The third kappa shape index (κ3) is 5.03. The van der Waals surface area contributed by atoms with Crippen molar-refractivity contribution in [3.63, 3.8) is 0 Å². The fraction of sp³-hybridized carbons (Fsp3) is 0.348. The number of rotatable bonds is 7. The van der Waals surface area contributed by atoms with Gasteiger partial charge < -0.3 is 10.5 Å². The molecule has 1 amide bonds. The summed E-state index contributed by atoms with van der Waals surface area (Å²) >= 11 is 0. The number of likely N-dealkylation sites (tertiary alicyclic amines) is 1. The third-order valence-corrected chi connectivity index (χ3v) is 5.65. The minimum atomic E-state index is -0.324. The van der Waals surface area contributed by atoms with Gasteiger partial charge in [-0.1, -0.05) is 24.3 Å². The number of benzene rings is 2. The molecule has 1 unspecified atom stereocenters. The lowest BCUT2D eigenvalue weighted by molar-refractivity contribution is -0.117. The molecule has 3 aromatic rings. The molecule has 0 radical (unpaired) electrons. The number of aromatic amines is 1. The molecule has 2 heterocycles. The zero-order chi connectivity index (χ0) is 21.8. The Morgan fingerprint density at radius 2 is 1.87 bits per heavy atom. The molecule has 4 rings (SSSR count). The summed E-state index contributed by atoms with van der Waals surface area (Å²) in [5, 5.41) is 4.58. The van der Waals surface area contributed by atoms with Crippen LogP contribution in [0.5, 0.6) is 5.75 Å². The molecule has 0 spiro atoms. The Bertz CT molecular complexity index is 1090. The molecule has 1 atom stereocenters. The van der Waals surface area contributed by atoms with Gasteiger partial charge >= 0.3 is 5.69 Å². The topological polar surface area (TPSA) is 106 Å². The maximum Gasteiger partial charge on any atom is 0.348 e. The summed E-state index contributed by atoms with van der Waals surface area (Å²) in [5.74, 6) is 1.31. The van der Waals surface area contributed by atoms with Crippen LogP contribution >= 0.6 is 0 Å². The molecule has 0 bridgehead atoms. The van der Waals surface area contributed by atoms with E-state index in [0.717, 1.165) is 49.6 Å². The van der Waals surface area contributed by atoms with E-state index in [9.17, 15) is 9.59 Å². The van der Waals surface area contributed by atoms with Crippen molar-refractivity contribution in [1.29, 1.82) is 0 Å². The van der Waals surface area contributed by atoms with Gasteiger partial charge in [0.25, 0.3) is 0 Å². The molecule has 0 aliphatic carbocycles. The smallest absolute Gasteiger partial charge is 0.348 e. The Balaban J connectivity index is 1.43. The van der Waals surface area contributed by atoms with Crippen LogP contribution in [0.1, 0.15) is 35.7 Å². The number of H-pyrrole nitrogens is 1. The lowest BCUT2D eigenvalue weighted by Crippen LogP contribution is -2.34. The summed E-state index contributed by atoms with van der Waals surface area (Å²) in [6.45, 7) is 2.65. The highest BCUT2D eigenvalue weighted by Gasteiger charge is 2.25. The predicted molar refractivity (Wildman–Crippen MR) is 117 cm³/mol. The highest BCUT2D eigenvalue weighted by atomic mass is 16.5. The summed E-state index contributed by atoms with van der Waals surface area (Å²) in [5.41, 5.74) is 7.84. The Kier molecular flexibility index (Phi) is 6.18. The lowest BCUT2D eigenvalue weighted by atomic mass is 9.97. The summed E-state index contributed by atoms with van der Waals surface area (Å²) in [6.07, 6.45) is 2.29. The second-order valence-electron chi connectivity index (χ2n) is 7.96. The van der Waals surface area contributed by atoms with Gasteiger partial charge in [0.2, 0.25) is 5.91 Å². The first kappa shape index (κ1) is 20.9. The third-order valence-electron chi connectivity index (χ3n) is 5.65. The Morgan fingerprint density at radius 1 is 1.16 bits per heavy atom. The van der Waals surface area contributed by atoms with Gasteiger partial charge in [0.05, 0.1) is 19.2 Å². The molecule has 1 aliphatic rings. The first-order chi connectivity index (χ1) is 15.0. The minimum absolute atomic E-state index is 0.176. The average molecular weight is 422 g/mol. The van der Waals surface area contributed by atoms with Crippen LogP contribution in [0.4, 0.5) is 0 Å². The number of hydrogen-bond acceptors (Lipinski definition) is 5. The maximum absolute atomic E-state index is 12.5. The first-order valence-corrected chi connectivity index (χ1v) is 10.4. The number of nitrogens with one attached hydrogen (secondary N) is 1.